The zero-order valence-electron chi connectivity index (χ0n) is 14.3. The van der Waals surface area contributed by atoms with Crippen molar-refractivity contribution in [2.24, 2.45) is 5.73 Å². The number of allylic oxidation sites excluding steroid dienone is 2. The van der Waals surface area contributed by atoms with E-state index in [1.807, 2.05) is 0 Å². The molecule has 138 valence electrons. The van der Waals surface area contributed by atoms with Crippen LogP contribution in [0.2, 0.25) is 0 Å². The molecule has 1 heterocycles. The lowest BCUT2D eigenvalue weighted by molar-refractivity contribution is -0.125. The number of carbonyl (C=O) groups excluding carboxylic acids is 1. The summed E-state index contributed by atoms with van der Waals surface area (Å²) in [6.07, 6.45) is 7.59. The predicted molar refractivity (Wildman–Crippen MR) is 98.1 cm³/mol. The summed E-state index contributed by atoms with van der Waals surface area (Å²) in [5, 5.41) is 38.3. The van der Waals surface area contributed by atoms with Gasteiger partial charge in [0.1, 0.15) is 5.76 Å². The Kier molecular flexibility index (Phi) is 6.21. The van der Waals surface area contributed by atoms with E-state index in [-0.39, 0.29) is 36.3 Å². The van der Waals surface area contributed by atoms with Gasteiger partial charge < -0.3 is 31.1 Å². The highest BCUT2D eigenvalue weighted by Gasteiger charge is 2.28. The van der Waals surface area contributed by atoms with Crippen LogP contribution < -0.4 is 5.73 Å². The highest BCUT2D eigenvalue weighted by Crippen LogP contribution is 2.26. The molecule has 7 nitrogen and oxygen atoms in total. The van der Waals surface area contributed by atoms with Crippen molar-refractivity contribution in [3.8, 4) is 11.5 Å². The van der Waals surface area contributed by atoms with E-state index in [2.05, 4.69) is 0 Å². The minimum absolute atomic E-state index is 0.0316. The van der Waals surface area contributed by atoms with Crippen LogP contribution in [0.5, 0.6) is 11.5 Å². The van der Waals surface area contributed by atoms with E-state index < -0.39 is 6.04 Å². The fraction of sp³-hybridized carbons (Fsp3) is 0.211. The van der Waals surface area contributed by atoms with Crippen molar-refractivity contribution in [1.82, 2.24) is 4.90 Å². The zero-order valence-corrected chi connectivity index (χ0v) is 14.3. The first-order valence-corrected chi connectivity index (χ1v) is 8.02. The Morgan fingerprint density at radius 2 is 1.96 bits per heavy atom. The molecule has 1 amide bonds. The van der Waals surface area contributed by atoms with Crippen LogP contribution in [0.1, 0.15) is 12.5 Å². The average molecular weight is 358 g/mol. The monoisotopic (exact) mass is 358 g/mol. The Hall–Kier alpha value is -3.03. The van der Waals surface area contributed by atoms with Crippen LogP contribution in [-0.2, 0) is 4.79 Å². The van der Waals surface area contributed by atoms with Gasteiger partial charge >= 0.3 is 0 Å². The summed E-state index contributed by atoms with van der Waals surface area (Å²) in [7, 11) is 0. The van der Waals surface area contributed by atoms with Crippen molar-refractivity contribution in [2.75, 3.05) is 13.2 Å². The van der Waals surface area contributed by atoms with Crippen LogP contribution in [0.4, 0.5) is 0 Å². The van der Waals surface area contributed by atoms with Crippen molar-refractivity contribution in [3.05, 3.63) is 65.1 Å². The van der Waals surface area contributed by atoms with Crippen LogP contribution >= 0.6 is 0 Å². The number of amides is 1. The molecule has 2 rings (SSSR count). The van der Waals surface area contributed by atoms with E-state index in [1.165, 1.54) is 35.4 Å². The van der Waals surface area contributed by atoms with Crippen LogP contribution in [-0.4, -0.2) is 50.4 Å². The van der Waals surface area contributed by atoms with Gasteiger partial charge in [-0.15, -0.1) is 0 Å². The summed E-state index contributed by atoms with van der Waals surface area (Å²) in [6.45, 7) is 1.40. The lowest BCUT2D eigenvalue weighted by Crippen LogP contribution is -2.39. The van der Waals surface area contributed by atoms with Gasteiger partial charge in [0.15, 0.2) is 11.5 Å². The molecule has 1 aromatic carbocycles. The summed E-state index contributed by atoms with van der Waals surface area (Å²) < 4.78 is 0. The lowest BCUT2D eigenvalue weighted by Gasteiger charge is -2.31. The van der Waals surface area contributed by atoms with E-state index in [1.54, 1.807) is 25.1 Å². The van der Waals surface area contributed by atoms with Crippen molar-refractivity contribution in [1.29, 1.82) is 0 Å². The van der Waals surface area contributed by atoms with Crippen LogP contribution in [0.25, 0.3) is 6.08 Å². The minimum Gasteiger partial charge on any atom is -0.510 e. The average Bonchev–Trinajstić information content (AvgIpc) is 2.63. The number of carbonyl (C=O) groups is 1. The normalized spacial score (nSPS) is 18.0. The van der Waals surface area contributed by atoms with Gasteiger partial charge in [-0.3, -0.25) is 4.79 Å². The molecule has 1 aliphatic heterocycles. The highest BCUT2D eigenvalue weighted by molar-refractivity contribution is 5.89. The number of nitrogens with two attached hydrogens (primary N) is 1. The number of hydrogen-bond acceptors (Lipinski definition) is 6. The van der Waals surface area contributed by atoms with Crippen molar-refractivity contribution in [2.45, 2.75) is 13.0 Å². The molecule has 0 aliphatic carbocycles. The Bertz CT molecular complexity index is 808. The number of phenols is 2. The molecule has 1 aromatic rings. The Morgan fingerprint density at radius 1 is 1.23 bits per heavy atom. The fourth-order valence-electron chi connectivity index (χ4n) is 2.57. The third-order valence-corrected chi connectivity index (χ3v) is 4.07. The lowest BCUT2D eigenvalue weighted by atomic mass is 9.98. The number of phenolic OH excluding ortho intramolecular Hbond substituents is 2. The second-order valence-electron chi connectivity index (χ2n) is 5.77. The molecule has 26 heavy (non-hydrogen) atoms. The number of aliphatic hydroxyl groups is 2. The molecule has 0 bridgehead atoms. The van der Waals surface area contributed by atoms with E-state index >= 15 is 0 Å². The molecule has 0 fully saturated rings. The molecule has 0 aromatic heterocycles. The molecule has 6 N–H and O–H groups in total. The molecule has 1 atom stereocenters. The van der Waals surface area contributed by atoms with Gasteiger partial charge in [-0.2, -0.15) is 0 Å². The third-order valence-electron chi connectivity index (χ3n) is 4.07. The summed E-state index contributed by atoms with van der Waals surface area (Å²) in [5.74, 6) is -0.836. The maximum absolute atomic E-state index is 12.4. The summed E-state index contributed by atoms with van der Waals surface area (Å²) in [4.78, 5) is 13.7. The number of hydrogen-bond donors (Lipinski definition) is 5. The molecule has 0 spiro atoms. The minimum atomic E-state index is -0.584. The smallest absolute Gasteiger partial charge is 0.251 e. The Labute approximate surface area is 151 Å². The Morgan fingerprint density at radius 3 is 2.58 bits per heavy atom. The SMILES string of the molecule is CC1C(O)=C(CN)C(CO)=CN1C(=O)/C=C/C=C/c1ccc(O)c(O)c1. The van der Waals surface area contributed by atoms with Crippen molar-refractivity contribution in [3.63, 3.8) is 0 Å². The van der Waals surface area contributed by atoms with Gasteiger partial charge in [-0.05, 0) is 24.6 Å². The van der Waals surface area contributed by atoms with Crippen LogP contribution in [0.15, 0.2) is 59.5 Å². The van der Waals surface area contributed by atoms with Gasteiger partial charge in [0.05, 0.1) is 12.6 Å². The Balaban J connectivity index is 2.10. The second-order valence-corrected chi connectivity index (χ2v) is 5.77. The molecule has 0 radical (unpaired) electrons. The molecular formula is C19H22N2O5. The van der Waals surface area contributed by atoms with Crippen molar-refractivity contribution < 1.29 is 25.2 Å². The summed E-state index contributed by atoms with van der Waals surface area (Å²) in [6, 6.07) is 3.78. The van der Waals surface area contributed by atoms with Gasteiger partial charge in [0, 0.05) is 30.0 Å². The zero-order chi connectivity index (χ0) is 19.3. The first-order chi connectivity index (χ1) is 12.4. The molecule has 0 saturated carbocycles. The summed E-state index contributed by atoms with van der Waals surface area (Å²) >= 11 is 0. The van der Waals surface area contributed by atoms with E-state index in [4.69, 9.17) is 5.73 Å². The highest BCUT2D eigenvalue weighted by atomic mass is 16.3. The maximum Gasteiger partial charge on any atom is 0.251 e. The molecule has 7 heteroatoms. The number of rotatable bonds is 5. The van der Waals surface area contributed by atoms with E-state index in [0.717, 1.165) is 0 Å². The standard InChI is InChI=1S/C19H22N2O5/c1-12-19(26)15(9-20)14(11-22)10-21(12)18(25)5-3-2-4-13-6-7-16(23)17(24)8-13/h2-8,10,12,22-24,26H,9,11,20H2,1H3/b4-2+,5-3+. The molecule has 0 saturated heterocycles. The van der Waals surface area contributed by atoms with E-state index in [0.29, 0.717) is 16.7 Å². The quantitative estimate of drug-likeness (QED) is 0.309. The first-order valence-electron chi connectivity index (χ1n) is 8.02. The number of aliphatic hydroxyl groups excluding tert-OH is 2. The van der Waals surface area contributed by atoms with E-state index in [9.17, 15) is 25.2 Å². The topological polar surface area (TPSA) is 127 Å². The second kappa shape index (κ2) is 8.37. The summed E-state index contributed by atoms with van der Waals surface area (Å²) in [5.41, 5.74) is 7.09. The number of nitrogens with zero attached hydrogens (tertiary/aromatic N) is 1. The fourth-order valence-corrected chi connectivity index (χ4v) is 2.57. The third kappa shape index (κ3) is 4.14. The van der Waals surface area contributed by atoms with Crippen LogP contribution in [0.3, 0.4) is 0 Å². The largest absolute Gasteiger partial charge is 0.510 e. The molecule has 1 aliphatic rings. The van der Waals surface area contributed by atoms with Gasteiger partial charge in [-0.1, -0.05) is 24.3 Å². The first kappa shape index (κ1) is 19.3. The molecule has 1 unspecified atom stereocenters. The van der Waals surface area contributed by atoms with Crippen LogP contribution in [0, 0.1) is 0 Å². The predicted octanol–water partition coefficient (Wildman–Crippen LogP) is 1.54. The van der Waals surface area contributed by atoms with Crippen molar-refractivity contribution >= 4 is 12.0 Å². The maximum atomic E-state index is 12.4. The number of benzene rings is 1. The van der Waals surface area contributed by atoms with Gasteiger partial charge in [0.25, 0.3) is 5.91 Å². The van der Waals surface area contributed by atoms with Gasteiger partial charge in [0.2, 0.25) is 0 Å². The molecular weight excluding hydrogens is 336 g/mol. The number of aromatic hydroxyl groups is 2. The van der Waals surface area contributed by atoms with Gasteiger partial charge in [-0.25, -0.2) is 0 Å².